The highest BCUT2D eigenvalue weighted by molar-refractivity contribution is 5.29. The molecule has 1 N–H and O–H groups in total. The quantitative estimate of drug-likeness (QED) is 0.236. The van der Waals surface area contributed by atoms with Crippen LogP contribution in [0.15, 0.2) is 47.7 Å². The molecule has 1 nitrogen and oxygen atoms in total. The lowest BCUT2D eigenvalue weighted by molar-refractivity contribution is 0.455. The second kappa shape index (κ2) is 11.3. The largest absolute Gasteiger partial charge is 0.385 e. The van der Waals surface area contributed by atoms with E-state index in [0.29, 0.717) is 5.92 Å². The van der Waals surface area contributed by atoms with E-state index in [0.717, 1.165) is 18.4 Å². The smallest absolute Gasteiger partial charge is 0.0391 e. The Morgan fingerprint density at radius 3 is 2.79 bits per heavy atom. The molecule has 3 atom stereocenters. The van der Waals surface area contributed by atoms with Gasteiger partial charge in [-0.1, -0.05) is 58.1 Å². The maximum absolute atomic E-state index is 4.19. The van der Waals surface area contributed by atoms with E-state index < -0.39 is 0 Å². The van der Waals surface area contributed by atoms with Gasteiger partial charge in [-0.05, 0) is 74.9 Å². The second-order valence-corrected chi connectivity index (χ2v) is 7.65. The topological polar surface area (TPSA) is 12.0 Å². The van der Waals surface area contributed by atoms with Crippen LogP contribution in [-0.2, 0) is 0 Å². The molecule has 0 bridgehead atoms. The van der Waals surface area contributed by atoms with Gasteiger partial charge in [-0.25, -0.2) is 0 Å². The first kappa shape index (κ1) is 20.8. The average molecular weight is 330 g/mol. The number of nitrogens with one attached hydrogen (secondary N) is 1. The third kappa shape index (κ3) is 8.57. The van der Waals surface area contributed by atoms with Crippen molar-refractivity contribution >= 4 is 0 Å². The molecule has 136 valence electrons. The van der Waals surface area contributed by atoms with E-state index in [1.54, 1.807) is 5.57 Å². The van der Waals surface area contributed by atoms with Gasteiger partial charge >= 0.3 is 0 Å². The van der Waals surface area contributed by atoms with Crippen molar-refractivity contribution in [3.05, 3.63) is 47.7 Å². The van der Waals surface area contributed by atoms with Crippen LogP contribution in [0.2, 0.25) is 0 Å². The van der Waals surface area contributed by atoms with Crippen LogP contribution in [-0.4, -0.2) is 6.54 Å². The first-order valence-corrected chi connectivity index (χ1v) is 9.88. The van der Waals surface area contributed by atoms with Crippen LogP contribution in [0, 0.1) is 17.8 Å². The van der Waals surface area contributed by atoms with E-state index in [2.05, 4.69) is 70.8 Å². The zero-order chi connectivity index (χ0) is 17.9. The predicted octanol–water partition coefficient (Wildman–Crippen LogP) is 6.80. The summed E-state index contributed by atoms with van der Waals surface area (Å²) in [5.41, 5.74) is 4.20. The highest BCUT2D eigenvalue weighted by atomic mass is 14.9. The van der Waals surface area contributed by atoms with Gasteiger partial charge in [0, 0.05) is 12.2 Å². The molecule has 0 aromatic rings. The molecule has 0 aliphatic heterocycles. The van der Waals surface area contributed by atoms with Crippen molar-refractivity contribution in [2.45, 2.75) is 73.1 Å². The van der Waals surface area contributed by atoms with E-state index in [4.69, 9.17) is 0 Å². The molecule has 1 rings (SSSR count). The lowest BCUT2D eigenvalue weighted by atomic mass is 9.95. The molecule has 0 amide bonds. The molecule has 0 aromatic carbocycles. The molecular formula is C23H39N. The molecule has 1 saturated carbocycles. The maximum atomic E-state index is 4.19. The molecule has 24 heavy (non-hydrogen) atoms. The summed E-state index contributed by atoms with van der Waals surface area (Å²) in [6.45, 7) is 16.3. The van der Waals surface area contributed by atoms with E-state index in [9.17, 15) is 0 Å². The SMILES string of the molecule is C=C(/C=C\[C@H](C)CC(C)CC)CN/C(C)=C1/CC1CCC/C=C/C. The molecule has 1 fully saturated rings. The molecule has 0 radical (unpaired) electrons. The van der Waals surface area contributed by atoms with Crippen molar-refractivity contribution in [2.24, 2.45) is 17.8 Å². The Balaban J connectivity index is 2.25. The number of hydrogen-bond acceptors (Lipinski definition) is 1. The minimum Gasteiger partial charge on any atom is -0.385 e. The minimum atomic E-state index is 0.640. The van der Waals surface area contributed by atoms with Crippen molar-refractivity contribution in [2.75, 3.05) is 6.54 Å². The Morgan fingerprint density at radius 2 is 2.12 bits per heavy atom. The summed E-state index contributed by atoms with van der Waals surface area (Å²) in [6.07, 6.45) is 16.7. The lowest BCUT2D eigenvalue weighted by Gasteiger charge is -2.12. The van der Waals surface area contributed by atoms with Crippen molar-refractivity contribution < 1.29 is 0 Å². The minimum absolute atomic E-state index is 0.640. The Hall–Kier alpha value is -1.24. The third-order valence-corrected chi connectivity index (χ3v) is 5.15. The lowest BCUT2D eigenvalue weighted by Crippen LogP contribution is -2.14. The van der Waals surface area contributed by atoms with Crippen LogP contribution < -0.4 is 5.32 Å². The molecule has 0 aromatic heterocycles. The van der Waals surface area contributed by atoms with Crippen LogP contribution in [0.1, 0.15) is 73.1 Å². The van der Waals surface area contributed by atoms with Gasteiger partial charge in [0.15, 0.2) is 0 Å². The zero-order valence-corrected chi connectivity index (χ0v) is 16.7. The fourth-order valence-electron chi connectivity index (χ4n) is 3.19. The zero-order valence-electron chi connectivity index (χ0n) is 16.7. The molecule has 1 aliphatic carbocycles. The Labute approximate surface area is 151 Å². The van der Waals surface area contributed by atoms with Gasteiger partial charge in [-0.3, -0.25) is 0 Å². The summed E-state index contributed by atoms with van der Waals surface area (Å²) in [5, 5.41) is 3.57. The number of hydrogen-bond donors (Lipinski definition) is 1. The second-order valence-electron chi connectivity index (χ2n) is 7.65. The summed E-state index contributed by atoms with van der Waals surface area (Å²) in [4.78, 5) is 0. The Kier molecular flexibility index (Phi) is 9.83. The van der Waals surface area contributed by atoms with Gasteiger partial charge in [-0.15, -0.1) is 0 Å². The van der Waals surface area contributed by atoms with Crippen molar-refractivity contribution in [1.82, 2.24) is 5.32 Å². The molecule has 2 unspecified atom stereocenters. The summed E-state index contributed by atoms with van der Waals surface area (Å²) in [6, 6.07) is 0. The van der Waals surface area contributed by atoms with Gasteiger partial charge < -0.3 is 5.32 Å². The van der Waals surface area contributed by atoms with Gasteiger partial charge in [-0.2, -0.15) is 0 Å². The Morgan fingerprint density at radius 1 is 1.38 bits per heavy atom. The van der Waals surface area contributed by atoms with Gasteiger partial charge in [0.25, 0.3) is 0 Å². The summed E-state index contributed by atoms with van der Waals surface area (Å²) in [7, 11) is 0. The monoisotopic (exact) mass is 329 g/mol. The Bertz CT molecular complexity index is 466. The maximum Gasteiger partial charge on any atom is 0.0391 e. The van der Waals surface area contributed by atoms with Gasteiger partial charge in [0.05, 0.1) is 0 Å². The van der Waals surface area contributed by atoms with Crippen molar-refractivity contribution in [3.8, 4) is 0 Å². The van der Waals surface area contributed by atoms with Crippen LogP contribution >= 0.6 is 0 Å². The average Bonchev–Trinajstić information content (AvgIpc) is 3.34. The highest BCUT2D eigenvalue weighted by Crippen LogP contribution is 2.43. The molecule has 0 saturated heterocycles. The van der Waals surface area contributed by atoms with E-state index >= 15 is 0 Å². The standard InChI is InChI=1S/C23H39N/c1-7-9-10-11-12-22-16-23(22)21(6)24-17-20(5)14-13-19(4)15-18(3)8-2/h7,9,13-14,18-19,22,24H,5,8,10-12,15-17H2,1-4,6H3/b9-7+,14-13-,23-21-/t18?,19-,22?/m0/s1. The third-order valence-electron chi connectivity index (χ3n) is 5.15. The fourth-order valence-corrected chi connectivity index (χ4v) is 3.19. The van der Waals surface area contributed by atoms with Crippen LogP contribution in [0.4, 0.5) is 0 Å². The van der Waals surface area contributed by atoms with Crippen molar-refractivity contribution in [3.63, 3.8) is 0 Å². The highest BCUT2D eigenvalue weighted by Gasteiger charge is 2.30. The van der Waals surface area contributed by atoms with Gasteiger partial charge in [0.1, 0.15) is 0 Å². The fraction of sp³-hybridized carbons (Fsp3) is 0.652. The molecular weight excluding hydrogens is 290 g/mol. The molecule has 0 spiro atoms. The van der Waals surface area contributed by atoms with Gasteiger partial charge in [0.2, 0.25) is 0 Å². The first-order chi connectivity index (χ1) is 11.5. The van der Waals surface area contributed by atoms with Crippen LogP contribution in [0.25, 0.3) is 0 Å². The first-order valence-electron chi connectivity index (χ1n) is 9.88. The molecule has 0 heterocycles. The number of allylic oxidation sites excluding steroid dienone is 5. The van der Waals surface area contributed by atoms with Crippen LogP contribution in [0.3, 0.4) is 0 Å². The van der Waals surface area contributed by atoms with E-state index in [1.165, 1.54) is 49.8 Å². The summed E-state index contributed by atoms with van der Waals surface area (Å²) in [5.74, 6) is 2.28. The summed E-state index contributed by atoms with van der Waals surface area (Å²) >= 11 is 0. The van der Waals surface area contributed by atoms with Crippen LogP contribution in [0.5, 0.6) is 0 Å². The van der Waals surface area contributed by atoms with E-state index in [-0.39, 0.29) is 0 Å². The van der Waals surface area contributed by atoms with E-state index in [1.807, 2.05) is 0 Å². The molecule has 1 aliphatic rings. The van der Waals surface area contributed by atoms with Crippen molar-refractivity contribution in [1.29, 1.82) is 0 Å². The molecule has 1 heteroatoms. The predicted molar refractivity (Wildman–Crippen MR) is 109 cm³/mol. The normalized spacial score (nSPS) is 22.0. The number of rotatable bonds is 12. The number of unbranched alkanes of at least 4 members (excludes halogenated alkanes) is 1. The summed E-state index contributed by atoms with van der Waals surface area (Å²) < 4.78 is 0.